The number of rotatable bonds is 5. The molecule has 4 heteroatoms. The van der Waals surface area contributed by atoms with Crippen LogP contribution in [0.15, 0.2) is 170 Å². The smallest absolute Gasteiger partial charge is 0.253 e. The summed E-state index contributed by atoms with van der Waals surface area (Å²) in [5.41, 5.74) is 13.9. The van der Waals surface area contributed by atoms with Gasteiger partial charge in [-0.15, -0.1) is 0 Å². The molecule has 2 atom stereocenters. The van der Waals surface area contributed by atoms with Crippen molar-refractivity contribution in [3.05, 3.63) is 187 Å². The molecule has 10 rings (SSSR count). The van der Waals surface area contributed by atoms with E-state index >= 15 is 0 Å². The van der Waals surface area contributed by atoms with Crippen LogP contribution < -0.4 is 0 Å². The van der Waals surface area contributed by atoms with Gasteiger partial charge < -0.3 is 19.3 Å². The molecule has 3 N–H and O–H groups in total. The molecule has 0 radical (unpaired) electrons. The number of phenolic OH excluding ortho intramolecular Hbond substituents is 1. The Balaban J connectivity index is 1.13. The maximum absolute atomic E-state index is 10.1. The minimum absolute atomic E-state index is 0.201. The zero-order valence-corrected chi connectivity index (χ0v) is 29.2. The summed E-state index contributed by atoms with van der Waals surface area (Å²) < 4.78 is 4.79. The Labute approximate surface area is 307 Å². The third kappa shape index (κ3) is 5.06. The molecule has 7 aromatic carbocycles. The second kappa shape index (κ2) is 12.2. The van der Waals surface area contributed by atoms with Crippen LogP contribution >= 0.6 is 0 Å². The fourth-order valence-corrected chi connectivity index (χ4v) is 8.59. The molecule has 254 valence electrons. The second-order valence-corrected chi connectivity index (χ2v) is 14.2. The van der Waals surface area contributed by atoms with Crippen LogP contribution in [0.5, 0.6) is 11.5 Å². The molecular weight excluding hydrogens is 649 g/mol. The molecule has 2 unspecified atom stereocenters. The van der Waals surface area contributed by atoms with Crippen molar-refractivity contribution < 1.29 is 10.2 Å². The maximum Gasteiger partial charge on any atom is 0.253 e. The van der Waals surface area contributed by atoms with E-state index in [4.69, 9.17) is 5.11 Å². The fraction of sp³-hybridized carbons (Fsp3) is 0.0612. The van der Waals surface area contributed by atoms with Gasteiger partial charge in [-0.1, -0.05) is 85.8 Å². The Morgan fingerprint density at radius 1 is 0.509 bits per heavy atom. The number of hydrogen-bond donors (Lipinski definition) is 1. The van der Waals surface area contributed by atoms with Crippen molar-refractivity contribution in [2.75, 3.05) is 0 Å². The van der Waals surface area contributed by atoms with Gasteiger partial charge in [-0.3, -0.25) is 0 Å². The number of allylic oxidation sites excluding steroid dienone is 1. The van der Waals surface area contributed by atoms with Crippen LogP contribution in [0.3, 0.4) is 0 Å². The van der Waals surface area contributed by atoms with Gasteiger partial charge >= 0.3 is 0 Å². The lowest BCUT2D eigenvalue weighted by molar-refractivity contribution is 0.475. The summed E-state index contributed by atoms with van der Waals surface area (Å²) in [7, 11) is 0. The number of phenols is 1. The minimum atomic E-state index is 0.201. The normalized spacial score (nSPS) is 15.3. The largest absolute Gasteiger partial charge is 0.593 e. The molecule has 0 spiro atoms. The van der Waals surface area contributed by atoms with E-state index in [-0.39, 0.29) is 17.6 Å². The standard InChI is InChI=1S/C49H36N2O2/c1-31-41(34-19-25-47-44(30-34)42-11-5-7-13-45(42)50(47)37-9-3-2-4-10-37)24-26-48-49(31)43-12-6-8-14-46(43)51(48)38-28-35(32-15-20-39(52)21-16-32)27-36(29-38)33-17-22-40(53)23-18-33/h2-31,41,52-53H,1H3/p+1. The quantitative estimate of drug-likeness (QED) is 0.180. The lowest BCUT2D eigenvalue weighted by Crippen LogP contribution is -2.12. The molecule has 53 heavy (non-hydrogen) atoms. The molecule has 1 aliphatic carbocycles. The van der Waals surface area contributed by atoms with Gasteiger partial charge in [0, 0.05) is 45.6 Å². The Morgan fingerprint density at radius 2 is 1.11 bits per heavy atom. The van der Waals surface area contributed by atoms with Crippen molar-refractivity contribution in [3.63, 3.8) is 0 Å². The molecule has 0 aliphatic heterocycles. The molecule has 0 saturated carbocycles. The average molecular weight is 686 g/mol. The van der Waals surface area contributed by atoms with Crippen molar-refractivity contribution in [2.24, 2.45) is 0 Å². The third-order valence-electron chi connectivity index (χ3n) is 11.1. The zero-order chi connectivity index (χ0) is 35.6. The van der Waals surface area contributed by atoms with Gasteiger partial charge in [-0.25, -0.2) is 0 Å². The molecule has 2 heterocycles. The van der Waals surface area contributed by atoms with E-state index in [1.54, 1.807) is 12.1 Å². The highest BCUT2D eigenvalue weighted by atomic mass is 16.3. The van der Waals surface area contributed by atoms with Crippen molar-refractivity contribution >= 4 is 38.8 Å². The SMILES string of the molecule is CC1c2c(n(-c3cc(-c4ccc(O)cc4)cc(-c4ccc([OH2+])cc4)c3)c3ccccc23)C=CC1c1ccc2c(c1)c1ccccc1n2-c1ccccc1. The molecule has 0 fully saturated rings. The predicted molar refractivity (Wildman–Crippen MR) is 220 cm³/mol. The first-order valence-corrected chi connectivity index (χ1v) is 18.2. The van der Waals surface area contributed by atoms with E-state index in [1.807, 2.05) is 36.4 Å². The average Bonchev–Trinajstić information content (AvgIpc) is 3.72. The Kier molecular flexibility index (Phi) is 7.12. The number of fused-ring (bicyclic) bond motifs is 6. The first kappa shape index (κ1) is 31.0. The zero-order valence-electron chi connectivity index (χ0n) is 29.2. The van der Waals surface area contributed by atoms with E-state index in [1.165, 1.54) is 55.2 Å². The number of para-hydroxylation sites is 3. The van der Waals surface area contributed by atoms with E-state index in [2.05, 4.69) is 143 Å². The molecule has 0 saturated heterocycles. The van der Waals surface area contributed by atoms with Crippen LogP contribution in [0.25, 0.3) is 72.4 Å². The van der Waals surface area contributed by atoms with E-state index in [0.717, 1.165) is 27.9 Å². The minimum Gasteiger partial charge on any atom is -0.593 e. The van der Waals surface area contributed by atoms with Gasteiger partial charge in [0.15, 0.2) is 0 Å². The van der Waals surface area contributed by atoms with Gasteiger partial charge in [-0.2, -0.15) is 0 Å². The van der Waals surface area contributed by atoms with Gasteiger partial charge in [0.2, 0.25) is 0 Å². The number of benzene rings is 7. The monoisotopic (exact) mass is 685 g/mol. The first-order valence-electron chi connectivity index (χ1n) is 18.2. The lowest BCUT2D eigenvalue weighted by Gasteiger charge is -2.27. The molecule has 0 bridgehead atoms. The Hall–Kier alpha value is -6.78. The van der Waals surface area contributed by atoms with Gasteiger partial charge in [0.25, 0.3) is 5.75 Å². The van der Waals surface area contributed by atoms with Crippen molar-refractivity contribution in [1.29, 1.82) is 0 Å². The summed E-state index contributed by atoms with van der Waals surface area (Å²) in [6.45, 7) is 2.38. The summed E-state index contributed by atoms with van der Waals surface area (Å²) in [4.78, 5) is 0. The number of aromatic nitrogens is 2. The topological polar surface area (TPSA) is 53.0 Å². The van der Waals surface area contributed by atoms with E-state index in [9.17, 15) is 5.11 Å². The number of nitrogens with zero attached hydrogens (tertiary/aromatic N) is 2. The van der Waals surface area contributed by atoms with Crippen LogP contribution in [-0.2, 0) is 0 Å². The Bertz CT molecular complexity index is 2800. The molecular formula is C49H37N2O2+. The summed E-state index contributed by atoms with van der Waals surface area (Å²) in [6.07, 6.45) is 4.73. The molecule has 1 aliphatic rings. The predicted octanol–water partition coefficient (Wildman–Crippen LogP) is 12.1. The fourth-order valence-electron chi connectivity index (χ4n) is 8.59. The molecule has 9 aromatic rings. The highest BCUT2D eigenvalue weighted by Gasteiger charge is 2.30. The molecule has 0 amide bonds. The van der Waals surface area contributed by atoms with Gasteiger partial charge in [-0.05, 0) is 124 Å². The summed E-state index contributed by atoms with van der Waals surface area (Å²) in [5, 5.41) is 21.9. The highest BCUT2D eigenvalue weighted by Crippen LogP contribution is 2.47. The highest BCUT2D eigenvalue weighted by molar-refractivity contribution is 6.09. The number of aromatic hydroxyl groups is 1. The first-order chi connectivity index (χ1) is 26.0. The van der Waals surface area contributed by atoms with E-state index in [0.29, 0.717) is 5.75 Å². The summed E-state index contributed by atoms with van der Waals surface area (Å²) >= 11 is 0. The van der Waals surface area contributed by atoms with Crippen LogP contribution in [0.4, 0.5) is 0 Å². The van der Waals surface area contributed by atoms with Crippen LogP contribution in [-0.4, -0.2) is 19.3 Å². The lowest BCUT2D eigenvalue weighted by atomic mass is 9.78. The Morgan fingerprint density at radius 3 is 1.83 bits per heavy atom. The van der Waals surface area contributed by atoms with Gasteiger partial charge in [0.1, 0.15) is 5.75 Å². The van der Waals surface area contributed by atoms with Crippen molar-refractivity contribution in [1.82, 2.24) is 9.13 Å². The summed E-state index contributed by atoms with van der Waals surface area (Å²) in [6, 6.07) is 57.1. The van der Waals surface area contributed by atoms with Gasteiger partial charge in [0.05, 0.1) is 22.2 Å². The maximum atomic E-state index is 10.1. The van der Waals surface area contributed by atoms with Crippen molar-refractivity contribution in [3.8, 4) is 45.1 Å². The second-order valence-electron chi connectivity index (χ2n) is 14.2. The van der Waals surface area contributed by atoms with Crippen LogP contribution in [0.2, 0.25) is 0 Å². The molecule has 2 aromatic heterocycles. The van der Waals surface area contributed by atoms with Crippen LogP contribution in [0, 0.1) is 0 Å². The van der Waals surface area contributed by atoms with Crippen LogP contribution in [0.1, 0.15) is 35.6 Å². The number of hydrogen-bond acceptors (Lipinski definition) is 1. The van der Waals surface area contributed by atoms with E-state index < -0.39 is 0 Å². The third-order valence-corrected chi connectivity index (χ3v) is 11.1. The summed E-state index contributed by atoms with van der Waals surface area (Å²) in [5.74, 6) is 1.16. The molecule has 4 nitrogen and oxygen atoms in total. The van der Waals surface area contributed by atoms with Crippen molar-refractivity contribution in [2.45, 2.75) is 18.8 Å².